The highest BCUT2D eigenvalue weighted by Gasteiger charge is 2.17. The van der Waals surface area contributed by atoms with Crippen LogP contribution in [0.2, 0.25) is 0 Å². The molecule has 1 unspecified atom stereocenters. The third kappa shape index (κ3) is 2.72. The number of halogens is 2. The topological polar surface area (TPSA) is 20.3 Å². The third-order valence-corrected chi connectivity index (χ3v) is 3.97. The highest BCUT2D eigenvalue weighted by Crippen LogP contribution is 2.22. The second-order valence-electron chi connectivity index (χ2n) is 3.06. The van der Waals surface area contributed by atoms with E-state index in [-0.39, 0.29) is 11.9 Å². The smallest absolute Gasteiger partial charge is 0.254 e. The van der Waals surface area contributed by atoms with Crippen LogP contribution in [0.5, 0.6) is 0 Å². The van der Waals surface area contributed by atoms with Crippen LogP contribution in [-0.2, 0) is 0 Å². The van der Waals surface area contributed by atoms with E-state index in [2.05, 4.69) is 15.9 Å². The number of nitrogens with zero attached hydrogens (tertiary/aromatic N) is 1. The summed E-state index contributed by atoms with van der Waals surface area (Å²) in [4.78, 5) is 13.5. The molecule has 1 aromatic heterocycles. The maximum absolute atomic E-state index is 11.8. The minimum Gasteiger partial charge on any atom is -0.338 e. The standard InChI is InChI=1S/C9H11BrClNOS/c1-6(4-11)12(2)9(13)7-3-8(10)14-5-7/h3,5-6H,4H2,1-2H3. The van der Waals surface area contributed by atoms with Crippen molar-refractivity contribution in [2.75, 3.05) is 12.9 Å². The van der Waals surface area contributed by atoms with Crippen molar-refractivity contribution < 1.29 is 4.79 Å². The average Bonchev–Trinajstić information content (AvgIpc) is 2.61. The average molecular weight is 297 g/mol. The van der Waals surface area contributed by atoms with Crippen LogP contribution in [0, 0.1) is 0 Å². The van der Waals surface area contributed by atoms with Crippen molar-refractivity contribution in [3.05, 3.63) is 20.8 Å². The van der Waals surface area contributed by atoms with Crippen LogP contribution >= 0.6 is 38.9 Å². The fourth-order valence-corrected chi connectivity index (χ4v) is 2.27. The maximum atomic E-state index is 11.8. The first kappa shape index (κ1) is 12.0. The Labute approximate surface area is 101 Å². The van der Waals surface area contributed by atoms with Crippen molar-refractivity contribution in [2.24, 2.45) is 0 Å². The lowest BCUT2D eigenvalue weighted by molar-refractivity contribution is 0.0757. The van der Waals surface area contributed by atoms with Crippen LogP contribution in [-0.4, -0.2) is 29.8 Å². The molecule has 0 aliphatic carbocycles. The van der Waals surface area contributed by atoms with Crippen LogP contribution < -0.4 is 0 Å². The molecule has 1 aromatic rings. The summed E-state index contributed by atoms with van der Waals surface area (Å²) in [6.07, 6.45) is 0. The summed E-state index contributed by atoms with van der Waals surface area (Å²) in [5, 5.41) is 1.84. The van der Waals surface area contributed by atoms with E-state index in [1.807, 2.05) is 18.4 Å². The Bertz CT molecular complexity index is 328. The molecule has 0 aliphatic rings. The highest BCUT2D eigenvalue weighted by molar-refractivity contribution is 9.11. The van der Waals surface area contributed by atoms with Gasteiger partial charge in [-0.3, -0.25) is 4.79 Å². The number of carbonyl (C=O) groups excluding carboxylic acids is 1. The number of thiophene rings is 1. The van der Waals surface area contributed by atoms with E-state index in [0.717, 1.165) is 3.79 Å². The van der Waals surface area contributed by atoms with E-state index < -0.39 is 0 Å². The van der Waals surface area contributed by atoms with E-state index in [1.165, 1.54) is 11.3 Å². The third-order valence-electron chi connectivity index (χ3n) is 2.02. The van der Waals surface area contributed by atoms with Gasteiger partial charge in [0.25, 0.3) is 5.91 Å². The van der Waals surface area contributed by atoms with Gasteiger partial charge in [-0.2, -0.15) is 0 Å². The fourth-order valence-electron chi connectivity index (χ4n) is 0.930. The van der Waals surface area contributed by atoms with Crippen molar-refractivity contribution in [1.82, 2.24) is 4.90 Å². The first-order chi connectivity index (χ1) is 6.56. The van der Waals surface area contributed by atoms with Gasteiger partial charge in [-0.15, -0.1) is 22.9 Å². The summed E-state index contributed by atoms with van der Waals surface area (Å²) >= 11 is 10.5. The second-order valence-corrected chi connectivity index (χ2v) is 5.66. The lowest BCUT2D eigenvalue weighted by atomic mass is 10.2. The summed E-state index contributed by atoms with van der Waals surface area (Å²) in [5.74, 6) is 0.466. The molecule has 0 N–H and O–H groups in total. The van der Waals surface area contributed by atoms with E-state index >= 15 is 0 Å². The SMILES string of the molecule is CC(CCl)N(C)C(=O)c1csc(Br)c1. The van der Waals surface area contributed by atoms with Crippen LogP contribution in [0.25, 0.3) is 0 Å². The molecule has 5 heteroatoms. The molecule has 0 fully saturated rings. The summed E-state index contributed by atoms with van der Waals surface area (Å²) in [6.45, 7) is 1.92. The number of alkyl halides is 1. The number of hydrogen-bond acceptors (Lipinski definition) is 2. The van der Waals surface area contributed by atoms with Gasteiger partial charge in [0, 0.05) is 24.3 Å². The Morgan fingerprint density at radius 3 is 2.86 bits per heavy atom. The van der Waals surface area contributed by atoms with Crippen LogP contribution in [0.4, 0.5) is 0 Å². The first-order valence-electron chi connectivity index (χ1n) is 4.13. The molecule has 0 bridgehead atoms. The first-order valence-corrected chi connectivity index (χ1v) is 6.34. The molecule has 0 aliphatic heterocycles. The summed E-state index contributed by atoms with van der Waals surface area (Å²) in [5.41, 5.74) is 0.710. The molecule has 1 atom stereocenters. The van der Waals surface area contributed by atoms with Gasteiger partial charge in [-0.25, -0.2) is 0 Å². The molecular weight excluding hydrogens is 286 g/mol. The molecule has 2 nitrogen and oxygen atoms in total. The number of hydrogen-bond donors (Lipinski definition) is 0. The molecule has 1 rings (SSSR count). The quantitative estimate of drug-likeness (QED) is 0.784. The molecule has 78 valence electrons. The van der Waals surface area contributed by atoms with E-state index in [9.17, 15) is 4.79 Å². The largest absolute Gasteiger partial charge is 0.338 e. The summed E-state index contributed by atoms with van der Waals surface area (Å²) in [7, 11) is 1.76. The number of amides is 1. The number of carbonyl (C=O) groups is 1. The molecule has 0 saturated heterocycles. The van der Waals surface area contributed by atoms with Gasteiger partial charge in [0.1, 0.15) is 0 Å². The van der Waals surface area contributed by atoms with Gasteiger partial charge in [-0.1, -0.05) is 0 Å². The predicted molar refractivity (Wildman–Crippen MR) is 64.3 cm³/mol. The monoisotopic (exact) mass is 295 g/mol. The van der Waals surface area contributed by atoms with Crippen molar-refractivity contribution in [3.8, 4) is 0 Å². The van der Waals surface area contributed by atoms with Crippen molar-refractivity contribution in [2.45, 2.75) is 13.0 Å². The van der Waals surface area contributed by atoms with Crippen LogP contribution in [0.3, 0.4) is 0 Å². The molecule has 0 spiro atoms. The molecule has 14 heavy (non-hydrogen) atoms. The molecule has 0 radical (unpaired) electrons. The minimum atomic E-state index is 0.0140. The number of rotatable bonds is 3. The lowest BCUT2D eigenvalue weighted by Gasteiger charge is -2.22. The van der Waals surface area contributed by atoms with Gasteiger partial charge in [0.2, 0.25) is 0 Å². The lowest BCUT2D eigenvalue weighted by Crippen LogP contribution is -2.35. The van der Waals surface area contributed by atoms with Gasteiger partial charge in [0.15, 0.2) is 0 Å². The molecule has 1 amide bonds. The van der Waals surface area contributed by atoms with Gasteiger partial charge >= 0.3 is 0 Å². The van der Waals surface area contributed by atoms with E-state index in [0.29, 0.717) is 11.4 Å². The summed E-state index contributed by atoms with van der Waals surface area (Å²) in [6, 6.07) is 1.88. The van der Waals surface area contributed by atoms with Gasteiger partial charge < -0.3 is 4.90 Å². The Kier molecular flexibility index (Phi) is 4.41. The van der Waals surface area contributed by atoms with Crippen LogP contribution in [0.15, 0.2) is 15.2 Å². The van der Waals surface area contributed by atoms with Gasteiger partial charge in [-0.05, 0) is 28.9 Å². The second kappa shape index (κ2) is 5.14. The molecule has 0 aromatic carbocycles. The zero-order valence-corrected chi connectivity index (χ0v) is 11.1. The van der Waals surface area contributed by atoms with Crippen LogP contribution in [0.1, 0.15) is 17.3 Å². The predicted octanol–water partition coefficient (Wildman–Crippen LogP) is 3.21. The minimum absolute atomic E-state index is 0.0140. The van der Waals surface area contributed by atoms with Crippen molar-refractivity contribution in [3.63, 3.8) is 0 Å². The zero-order valence-electron chi connectivity index (χ0n) is 7.96. The highest BCUT2D eigenvalue weighted by atomic mass is 79.9. The molecular formula is C9H11BrClNOS. The van der Waals surface area contributed by atoms with Crippen molar-refractivity contribution in [1.29, 1.82) is 0 Å². The van der Waals surface area contributed by atoms with E-state index in [1.54, 1.807) is 11.9 Å². The fraction of sp³-hybridized carbons (Fsp3) is 0.444. The Morgan fingerprint density at radius 2 is 2.43 bits per heavy atom. The normalized spacial score (nSPS) is 12.6. The maximum Gasteiger partial charge on any atom is 0.254 e. The zero-order chi connectivity index (χ0) is 10.7. The Hall–Kier alpha value is -0.0600. The van der Waals surface area contributed by atoms with Gasteiger partial charge in [0.05, 0.1) is 9.35 Å². The van der Waals surface area contributed by atoms with E-state index in [4.69, 9.17) is 11.6 Å². The Balaban J connectivity index is 2.75. The Morgan fingerprint density at radius 1 is 1.79 bits per heavy atom. The molecule has 1 heterocycles. The summed E-state index contributed by atoms with van der Waals surface area (Å²) < 4.78 is 0.966. The molecule has 0 saturated carbocycles. The van der Waals surface area contributed by atoms with Crippen molar-refractivity contribution >= 4 is 44.8 Å².